The van der Waals surface area contributed by atoms with E-state index in [0.29, 0.717) is 35.7 Å². The molecular formula is C54H62N4O8Si. The van der Waals surface area contributed by atoms with Crippen molar-refractivity contribution in [3.05, 3.63) is 154 Å². The summed E-state index contributed by atoms with van der Waals surface area (Å²) in [5, 5.41) is 13.3. The highest BCUT2D eigenvalue weighted by Gasteiger charge is 2.54. The molecule has 0 saturated heterocycles. The van der Waals surface area contributed by atoms with E-state index in [4.69, 9.17) is 33.6 Å². The predicted molar refractivity (Wildman–Crippen MR) is 262 cm³/mol. The molecular weight excluding hydrogens is 861 g/mol. The molecule has 2 heterocycles. The third-order valence-corrected chi connectivity index (χ3v) is 18.5. The number of Topliss-reactive ketones (excluding diaryl/α,β-unsaturated/α-hetero) is 1. The zero-order valence-electron chi connectivity index (χ0n) is 39.9. The van der Waals surface area contributed by atoms with E-state index in [1.54, 1.807) is 32.6 Å². The summed E-state index contributed by atoms with van der Waals surface area (Å²) in [6, 6.07) is 34.7. The number of amides is 1. The van der Waals surface area contributed by atoms with Crippen LogP contribution >= 0.6 is 0 Å². The number of allylic oxidation sites excluding steroid dienone is 2. The van der Waals surface area contributed by atoms with Gasteiger partial charge in [-0.25, -0.2) is 5.01 Å². The van der Waals surface area contributed by atoms with Gasteiger partial charge in [-0.05, 0) is 109 Å². The topological polar surface area (TPSA) is 129 Å². The molecule has 2 aliphatic carbocycles. The summed E-state index contributed by atoms with van der Waals surface area (Å²) in [4.78, 5) is 39.8. The van der Waals surface area contributed by atoms with E-state index >= 15 is 0 Å². The lowest BCUT2D eigenvalue weighted by Gasteiger charge is -2.42. The molecule has 4 aromatic carbocycles. The zero-order valence-corrected chi connectivity index (χ0v) is 40.9. The van der Waals surface area contributed by atoms with E-state index in [2.05, 4.69) is 52.2 Å². The number of benzene rings is 4. The largest absolute Gasteiger partial charge is 0.497 e. The number of rotatable bonds is 16. The van der Waals surface area contributed by atoms with Gasteiger partial charge in [-0.2, -0.15) is 10.2 Å². The molecule has 0 unspecified atom stereocenters. The molecule has 0 radical (unpaired) electrons. The van der Waals surface area contributed by atoms with E-state index in [-0.39, 0.29) is 36.2 Å². The second-order valence-electron chi connectivity index (χ2n) is 19.3. The molecule has 2 aliphatic heterocycles. The Kier molecular flexibility index (Phi) is 13.8. The van der Waals surface area contributed by atoms with E-state index in [1.165, 1.54) is 11.9 Å². The second-order valence-corrected chi connectivity index (χ2v) is 24.1. The van der Waals surface area contributed by atoms with Crippen LogP contribution in [0.25, 0.3) is 0 Å². The summed E-state index contributed by atoms with van der Waals surface area (Å²) in [6.07, 6.45) is 4.48. The average molecular weight is 923 g/mol. The normalized spacial score (nSPS) is 20.5. The van der Waals surface area contributed by atoms with Gasteiger partial charge >= 0.3 is 5.97 Å². The Morgan fingerprint density at radius 1 is 0.761 bits per heavy atom. The molecule has 12 nitrogen and oxygen atoms in total. The lowest BCUT2D eigenvalue weighted by atomic mass is 9.79. The van der Waals surface area contributed by atoms with Crippen molar-refractivity contribution in [1.29, 1.82) is 0 Å². The van der Waals surface area contributed by atoms with Gasteiger partial charge < -0.3 is 28.2 Å². The molecule has 4 aromatic rings. The summed E-state index contributed by atoms with van der Waals surface area (Å²) in [5.41, 5.74) is 6.02. The molecule has 0 N–H and O–H groups in total. The molecule has 1 saturated carbocycles. The first-order valence-corrected chi connectivity index (χ1v) is 26.1. The summed E-state index contributed by atoms with van der Waals surface area (Å²) in [7, 11) is 0.721. The SMILES string of the molecule is COc1ccc(C(OC[C@H]2C[C@@H](N3C=C4CCC5=C4C(=N3)C=NN(C(=O)c3ccccc3)C5)[C@H](O[Si](C)(C)C(C)(C)C)[C@@H]2OC(=O)CCC(C)=O)(c2ccccc2)c2ccc(OC)cc2)cc1. The number of hydrogen-bond donors (Lipinski definition) is 0. The molecule has 1 amide bonds. The molecule has 13 heteroatoms. The number of hydrazone groups is 2. The molecule has 1 fully saturated rings. The van der Waals surface area contributed by atoms with Crippen molar-refractivity contribution in [1.82, 2.24) is 10.0 Å². The highest BCUT2D eigenvalue weighted by molar-refractivity contribution is 6.74. The van der Waals surface area contributed by atoms with Crippen LogP contribution in [0.3, 0.4) is 0 Å². The fourth-order valence-electron chi connectivity index (χ4n) is 9.33. The first-order chi connectivity index (χ1) is 32.1. The number of carbonyl (C=O) groups is 3. The van der Waals surface area contributed by atoms with Crippen molar-refractivity contribution in [2.75, 3.05) is 27.4 Å². The quantitative estimate of drug-likeness (QED) is 0.0613. The summed E-state index contributed by atoms with van der Waals surface area (Å²) >= 11 is 0. The number of esters is 1. The third-order valence-electron chi connectivity index (χ3n) is 14.0. The van der Waals surface area contributed by atoms with E-state index in [0.717, 1.165) is 46.3 Å². The second kappa shape index (κ2) is 19.6. The molecule has 0 bridgehead atoms. The van der Waals surface area contributed by atoms with E-state index in [1.807, 2.05) is 89.9 Å². The van der Waals surface area contributed by atoms with Crippen molar-refractivity contribution in [2.45, 2.75) is 102 Å². The Balaban J connectivity index is 1.22. The minimum atomic E-state index is -2.57. The highest BCUT2D eigenvalue weighted by atomic mass is 28.4. The van der Waals surface area contributed by atoms with Crippen LogP contribution in [0.2, 0.25) is 18.1 Å². The summed E-state index contributed by atoms with van der Waals surface area (Å²) in [5.74, 6) is 0.290. The zero-order chi connectivity index (χ0) is 47.5. The van der Waals surface area contributed by atoms with Gasteiger partial charge in [-0.3, -0.25) is 14.6 Å². The van der Waals surface area contributed by atoms with Crippen molar-refractivity contribution < 1.29 is 37.8 Å². The van der Waals surface area contributed by atoms with Crippen molar-refractivity contribution >= 4 is 37.9 Å². The van der Waals surface area contributed by atoms with Crippen LogP contribution < -0.4 is 9.47 Å². The maximum Gasteiger partial charge on any atom is 0.306 e. The maximum absolute atomic E-state index is 14.0. The molecule has 0 aromatic heterocycles. The number of ether oxygens (including phenoxy) is 4. The molecule has 350 valence electrons. The van der Waals surface area contributed by atoms with Gasteiger partial charge in [0.25, 0.3) is 5.91 Å². The first-order valence-electron chi connectivity index (χ1n) is 23.2. The van der Waals surface area contributed by atoms with Gasteiger partial charge in [0.2, 0.25) is 0 Å². The Hall–Kier alpha value is -6.15. The Morgan fingerprint density at radius 3 is 1.94 bits per heavy atom. The van der Waals surface area contributed by atoms with Crippen molar-refractivity contribution in [3.8, 4) is 11.5 Å². The lowest BCUT2D eigenvalue weighted by Crippen LogP contribution is -2.52. The summed E-state index contributed by atoms with van der Waals surface area (Å²) < 4.78 is 32.8. The molecule has 4 aliphatic rings. The molecule has 0 spiro atoms. The van der Waals surface area contributed by atoms with Crippen molar-refractivity contribution in [3.63, 3.8) is 0 Å². The van der Waals surface area contributed by atoms with Gasteiger partial charge in [0, 0.05) is 29.7 Å². The van der Waals surface area contributed by atoms with Crippen LogP contribution in [0.5, 0.6) is 11.5 Å². The minimum Gasteiger partial charge on any atom is -0.497 e. The van der Waals surface area contributed by atoms with Crippen LogP contribution in [-0.4, -0.2) is 93.5 Å². The predicted octanol–water partition coefficient (Wildman–Crippen LogP) is 9.86. The molecule has 67 heavy (non-hydrogen) atoms. The lowest BCUT2D eigenvalue weighted by molar-refractivity contribution is -0.159. The smallest absolute Gasteiger partial charge is 0.306 e. The Bertz CT molecular complexity index is 2520. The number of nitrogens with zero attached hydrogens (tertiary/aromatic N) is 4. The number of methoxy groups -OCH3 is 2. The van der Waals surface area contributed by atoms with Crippen LogP contribution in [0.4, 0.5) is 0 Å². The fraction of sp³-hybridized carbons (Fsp3) is 0.389. The van der Waals surface area contributed by atoms with Gasteiger partial charge in [-0.15, -0.1) is 0 Å². The van der Waals surface area contributed by atoms with Gasteiger partial charge in [0.05, 0.1) is 46.0 Å². The first kappa shape index (κ1) is 47.3. The third kappa shape index (κ3) is 9.81. The minimum absolute atomic E-state index is 0.0514. The van der Waals surface area contributed by atoms with Crippen LogP contribution in [0.1, 0.15) is 86.8 Å². The monoisotopic (exact) mass is 922 g/mol. The van der Waals surface area contributed by atoms with Gasteiger partial charge in [-0.1, -0.05) is 93.6 Å². The average Bonchev–Trinajstić information content (AvgIpc) is 3.82. The summed E-state index contributed by atoms with van der Waals surface area (Å²) in [6.45, 7) is 13.0. The number of carbonyl (C=O) groups excluding carboxylic acids is 3. The standard InChI is InChI=1S/C54H62N4O8Si/c1-36(59)19-30-48(60)65-50-40(35-64-54(41-17-13-10-14-18-41,42-22-26-44(62-5)27-23-42)43-24-28-45(63-6)29-25-43)31-47(51(50)66-67(7,8)53(2,3)4)57-33-38-20-21-39-34-58(55-32-46(56-57)49(38)39)52(61)37-15-11-9-12-16-37/h9-18,22-29,32-33,40,47,50-51H,19-21,30-31,34-35H2,1-8H3/t40-,47-,50-,51+/m1/s1. The number of ketones is 1. The van der Waals surface area contributed by atoms with Crippen LogP contribution in [0.15, 0.2) is 142 Å². The number of hydrogen-bond acceptors (Lipinski definition) is 11. The fourth-order valence-corrected chi connectivity index (χ4v) is 10.7. The highest BCUT2D eigenvalue weighted by Crippen LogP contribution is 2.47. The van der Waals surface area contributed by atoms with Crippen LogP contribution in [-0.2, 0) is 29.1 Å². The van der Waals surface area contributed by atoms with Crippen LogP contribution in [0, 0.1) is 5.92 Å². The van der Waals surface area contributed by atoms with Gasteiger partial charge in [0.1, 0.15) is 40.8 Å². The Labute approximate surface area is 395 Å². The van der Waals surface area contributed by atoms with Gasteiger partial charge in [0.15, 0.2) is 8.32 Å². The van der Waals surface area contributed by atoms with E-state index < -0.39 is 44.1 Å². The maximum atomic E-state index is 14.0. The van der Waals surface area contributed by atoms with Crippen molar-refractivity contribution in [2.24, 2.45) is 16.1 Å². The molecule has 8 rings (SSSR count). The Morgan fingerprint density at radius 2 is 1.36 bits per heavy atom. The molecule has 4 atom stereocenters. The van der Waals surface area contributed by atoms with E-state index in [9.17, 15) is 14.4 Å².